The number of carbonyl (C=O) groups excluding carboxylic acids is 2. The Bertz CT molecular complexity index is 563. The third-order valence-corrected chi connectivity index (χ3v) is 3.17. The number of nitrogens with one attached hydrogen (secondary N) is 1. The van der Waals surface area contributed by atoms with Crippen molar-refractivity contribution in [3.05, 3.63) is 29.8 Å². The molecule has 8 heteroatoms. The minimum absolute atomic E-state index is 0.360. The van der Waals surface area contributed by atoms with Crippen LogP contribution in [0.2, 0.25) is 0 Å². The molecule has 1 aromatic rings. The molecule has 2 rings (SSSR count). The number of amides is 2. The van der Waals surface area contributed by atoms with Crippen molar-refractivity contribution < 1.29 is 27.2 Å². The van der Waals surface area contributed by atoms with Gasteiger partial charge in [0.1, 0.15) is 0 Å². The average Bonchev–Trinajstić information content (AvgIpc) is 2.88. The number of para-hydroxylation sites is 1. The van der Waals surface area contributed by atoms with Crippen molar-refractivity contribution in [2.24, 2.45) is 0 Å². The highest BCUT2D eigenvalue weighted by Crippen LogP contribution is 2.27. The van der Waals surface area contributed by atoms with Crippen LogP contribution in [-0.4, -0.2) is 37.3 Å². The Morgan fingerprint density at radius 2 is 1.95 bits per heavy atom. The summed E-state index contributed by atoms with van der Waals surface area (Å²) in [5.74, 6) is -7.58. The van der Waals surface area contributed by atoms with E-state index in [-0.39, 0.29) is 0 Å². The van der Waals surface area contributed by atoms with Gasteiger partial charge in [0.05, 0.1) is 6.54 Å². The van der Waals surface area contributed by atoms with Gasteiger partial charge in [-0.25, -0.2) is 8.78 Å². The number of benzene rings is 1. The van der Waals surface area contributed by atoms with Crippen LogP contribution in [0.25, 0.3) is 0 Å². The lowest BCUT2D eigenvalue weighted by Gasteiger charge is -2.19. The molecular weight excluding hydrogens is 292 g/mol. The maximum atomic E-state index is 12.7. The van der Waals surface area contributed by atoms with Gasteiger partial charge < -0.3 is 10.2 Å². The zero-order chi connectivity index (χ0) is 15.6. The number of hydrogen-bond donors (Lipinski definition) is 1. The molecule has 0 aliphatic carbocycles. The molecule has 1 aromatic carbocycles. The molecule has 0 aromatic heterocycles. The van der Waals surface area contributed by atoms with E-state index < -0.39 is 30.7 Å². The van der Waals surface area contributed by atoms with Crippen LogP contribution in [0.1, 0.15) is 5.56 Å². The molecule has 21 heavy (non-hydrogen) atoms. The van der Waals surface area contributed by atoms with E-state index >= 15 is 0 Å². The first-order chi connectivity index (χ1) is 9.84. The van der Waals surface area contributed by atoms with Crippen LogP contribution in [0.5, 0.6) is 0 Å². The molecule has 2 amide bonds. The number of fused-ring (bicyclic) bond motifs is 1. The van der Waals surface area contributed by atoms with Gasteiger partial charge in [-0.15, -0.1) is 0 Å². The van der Waals surface area contributed by atoms with E-state index in [4.69, 9.17) is 0 Å². The quantitative estimate of drug-likeness (QED) is 0.859. The highest BCUT2D eigenvalue weighted by Gasteiger charge is 2.49. The fraction of sp³-hybridized carbons (Fsp3) is 0.385. The maximum Gasteiger partial charge on any atom is 0.383 e. The lowest BCUT2D eigenvalue weighted by molar-refractivity contribution is -0.169. The van der Waals surface area contributed by atoms with Crippen molar-refractivity contribution in [1.82, 2.24) is 5.32 Å². The predicted octanol–water partition coefficient (Wildman–Crippen LogP) is 1.59. The average molecular weight is 304 g/mol. The van der Waals surface area contributed by atoms with Crippen LogP contribution in [0, 0.1) is 0 Å². The molecule has 0 radical (unpaired) electrons. The van der Waals surface area contributed by atoms with Crippen LogP contribution in [0.4, 0.5) is 23.2 Å². The SMILES string of the molecule is O=C(CNC(=O)C(F)(F)C(F)F)N1CCc2ccccc21. The molecule has 0 bridgehead atoms. The fourth-order valence-corrected chi connectivity index (χ4v) is 2.07. The third kappa shape index (κ3) is 2.98. The van der Waals surface area contributed by atoms with Gasteiger partial charge in [0.25, 0.3) is 5.91 Å². The van der Waals surface area contributed by atoms with E-state index in [1.807, 2.05) is 6.07 Å². The van der Waals surface area contributed by atoms with Crippen LogP contribution in [0.15, 0.2) is 24.3 Å². The first-order valence-corrected chi connectivity index (χ1v) is 6.16. The van der Waals surface area contributed by atoms with E-state index in [2.05, 4.69) is 0 Å². The predicted molar refractivity (Wildman–Crippen MR) is 66.5 cm³/mol. The van der Waals surface area contributed by atoms with Gasteiger partial charge in [0, 0.05) is 12.2 Å². The van der Waals surface area contributed by atoms with Crippen molar-refractivity contribution in [2.45, 2.75) is 18.8 Å². The van der Waals surface area contributed by atoms with Crippen molar-refractivity contribution in [3.8, 4) is 0 Å². The van der Waals surface area contributed by atoms with Gasteiger partial charge in [0.15, 0.2) is 0 Å². The Kier molecular flexibility index (Phi) is 4.15. The number of nitrogens with zero attached hydrogens (tertiary/aromatic N) is 1. The van der Waals surface area contributed by atoms with Gasteiger partial charge >= 0.3 is 12.3 Å². The topological polar surface area (TPSA) is 49.4 Å². The Morgan fingerprint density at radius 3 is 2.62 bits per heavy atom. The Balaban J connectivity index is 1.97. The molecule has 0 saturated carbocycles. The fourth-order valence-electron chi connectivity index (χ4n) is 2.07. The van der Waals surface area contributed by atoms with E-state index in [1.165, 1.54) is 4.90 Å². The molecule has 0 spiro atoms. The summed E-state index contributed by atoms with van der Waals surface area (Å²) in [6, 6.07) is 7.04. The first-order valence-electron chi connectivity index (χ1n) is 6.16. The summed E-state index contributed by atoms with van der Waals surface area (Å²) in [7, 11) is 0. The molecule has 0 fully saturated rings. The Hall–Kier alpha value is -2.12. The van der Waals surface area contributed by atoms with Gasteiger partial charge in [-0.1, -0.05) is 18.2 Å². The van der Waals surface area contributed by atoms with Crippen LogP contribution in [0.3, 0.4) is 0 Å². The summed E-state index contributed by atoms with van der Waals surface area (Å²) >= 11 is 0. The molecule has 1 aliphatic heterocycles. The molecule has 0 unspecified atom stereocenters. The van der Waals surface area contributed by atoms with Gasteiger partial charge in [-0.2, -0.15) is 8.78 Å². The summed E-state index contributed by atoms with van der Waals surface area (Å²) in [6.07, 6.45) is -3.50. The van der Waals surface area contributed by atoms with Gasteiger partial charge in [-0.05, 0) is 18.1 Å². The van der Waals surface area contributed by atoms with Crippen molar-refractivity contribution in [1.29, 1.82) is 0 Å². The van der Waals surface area contributed by atoms with E-state index in [0.29, 0.717) is 18.7 Å². The largest absolute Gasteiger partial charge is 0.383 e. The Labute approximate surface area is 117 Å². The highest BCUT2D eigenvalue weighted by molar-refractivity contribution is 5.99. The molecule has 1 aliphatic rings. The number of carbonyl (C=O) groups is 2. The monoisotopic (exact) mass is 304 g/mol. The van der Waals surface area contributed by atoms with Crippen molar-refractivity contribution >= 4 is 17.5 Å². The van der Waals surface area contributed by atoms with E-state index in [9.17, 15) is 27.2 Å². The zero-order valence-corrected chi connectivity index (χ0v) is 10.8. The van der Waals surface area contributed by atoms with Crippen LogP contribution in [-0.2, 0) is 16.0 Å². The molecule has 1 heterocycles. The standard InChI is InChI=1S/C13H12F4N2O2/c14-11(15)13(16,17)12(21)18-7-10(20)19-6-5-8-3-1-2-4-9(8)19/h1-4,11H,5-7H2,(H,18,21). The number of rotatable bonds is 4. The minimum atomic E-state index is -4.80. The summed E-state index contributed by atoms with van der Waals surface area (Å²) < 4.78 is 49.4. The molecule has 114 valence electrons. The molecular formula is C13H12F4N2O2. The minimum Gasteiger partial charge on any atom is -0.342 e. The van der Waals surface area contributed by atoms with Crippen LogP contribution >= 0.6 is 0 Å². The molecule has 0 atom stereocenters. The molecule has 0 saturated heterocycles. The number of halogens is 4. The van der Waals surface area contributed by atoms with Crippen LogP contribution < -0.4 is 10.2 Å². The van der Waals surface area contributed by atoms with Gasteiger partial charge in [0.2, 0.25) is 5.91 Å². The Morgan fingerprint density at radius 1 is 1.29 bits per heavy atom. The maximum absolute atomic E-state index is 12.7. The van der Waals surface area contributed by atoms with Crippen molar-refractivity contribution in [3.63, 3.8) is 0 Å². The zero-order valence-electron chi connectivity index (χ0n) is 10.8. The number of anilines is 1. The van der Waals surface area contributed by atoms with Crippen molar-refractivity contribution in [2.75, 3.05) is 18.0 Å². The number of alkyl halides is 4. The summed E-state index contributed by atoms with van der Waals surface area (Å²) in [4.78, 5) is 24.2. The molecule has 4 nitrogen and oxygen atoms in total. The van der Waals surface area contributed by atoms with Gasteiger partial charge in [-0.3, -0.25) is 9.59 Å². The number of hydrogen-bond acceptors (Lipinski definition) is 2. The normalized spacial score (nSPS) is 14.2. The van der Waals surface area contributed by atoms with E-state index in [1.54, 1.807) is 23.5 Å². The highest BCUT2D eigenvalue weighted by atomic mass is 19.3. The van der Waals surface area contributed by atoms with E-state index in [0.717, 1.165) is 5.56 Å². The second kappa shape index (κ2) is 5.71. The molecule has 1 N–H and O–H groups in total. The second-order valence-corrected chi connectivity index (χ2v) is 4.53. The lowest BCUT2D eigenvalue weighted by atomic mass is 10.2. The second-order valence-electron chi connectivity index (χ2n) is 4.53. The summed E-state index contributed by atoms with van der Waals surface area (Å²) in [5.41, 5.74) is 1.56. The lowest BCUT2D eigenvalue weighted by Crippen LogP contribution is -2.48. The summed E-state index contributed by atoms with van der Waals surface area (Å²) in [5, 5.41) is 1.55. The first kappa shape index (κ1) is 15.3. The summed E-state index contributed by atoms with van der Waals surface area (Å²) in [6.45, 7) is -0.394. The third-order valence-electron chi connectivity index (χ3n) is 3.17. The smallest absolute Gasteiger partial charge is 0.342 e.